The number of ether oxygens (including phenoxy) is 2. The van der Waals surface area contributed by atoms with Crippen molar-refractivity contribution in [2.45, 2.75) is 17.9 Å². The Hall–Kier alpha value is -2.14. The van der Waals surface area contributed by atoms with Crippen LogP contribution in [-0.4, -0.2) is 69.5 Å². The fourth-order valence-electron chi connectivity index (χ4n) is 3.44. The molecule has 0 aliphatic carbocycles. The number of amides is 1. The highest BCUT2D eigenvalue weighted by Gasteiger charge is 2.30. The average molecular weight is 452 g/mol. The monoisotopic (exact) mass is 451 g/mol. The van der Waals surface area contributed by atoms with Crippen LogP contribution in [0.4, 0.5) is 0 Å². The van der Waals surface area contributed by atoms with E-state index in [1.165, 1.54) is 4.31 Å². The molecule has 0 atom stereocenters. The lowest BCUT2D eigenvalue weighted by molar-refractivity contribution is -0.122. The van der Waals surface area contributed by atoms with Gasteiger partial charge < -0.3 is 14.8 Å². The molecule has 10 heteroatoms. The number of nitrogens with one attached hydrogen (secondary N) is 1. The van der Waals surface area contributed by atoms with Gasteiger partial charge in [0.1, 0.15) is 0 Å². The van der Waals surface area contributed by atoms with E-state index in [9.17, 15) is 13.2 Å². The maximum absolute atomic E-state index is 13.1. The van der Waals surface area contributed by atoms with Gasteiger partial charge in [0.05, 0.1) is 31.2 Å². The Labute approximate surface area is 180 Å². The minimum atomic E-state index is -3.63. The van der Waals surface area contributed by atoms with E-state index >= 15 is 0 Å². The molecule has 0 radical (unpaired) electrons. The Kier molecular flexibility index (Phi) is 6.57. The van der Waals surface area contributed by atoms with E-state index in [-0.39, 0.29) is 17.3 Å². The van der Waals surface area contributed by atoms with E-state index < -0.39 is 10.0 Å². The van der Waals surface area contributed by atoms with Gasteiger partial charge in [-0.05, 0) is 23.6 Å². The highest BCUT2D eigenvalue weighted by atomic mass is 32.2. The first-order chi connectivity index (χ1) is 14.5. The molecule has 2 aliphatic heterocycles. The van der Waals surface area contributed by atoms with Gasteiger partial charge in [-0.15, -0.1) is 11.3 Å². The Balaban J connectivity index is 1.32. The molecule has 1 N–H and O–H groups in total. The zero-order chi connectivity index (χ0) is 21.0. The van der Waals surface area contributed by atoms with Gasteiger partial charge in [0, 0.05) is 43.5 Å². The Morgan fingerprint density at radius 2 is 1.83 bits per heavy atom. The molecular weight excluding hydrogens is 426 g/mol. The third-order valence-electron chi connectivity index (χ3n) is 5.10. The van der Waals surface area contributed by atoms with E-state index in [0.717, 1.165) is 11.3 Å². The molecule has 0 unspecified atom stereocenters. The summed E-state index contributed by atoms with van der Waals surface area (Å²) in [4.78, 5) is 15.4. The van der Waals surface area contributed by atoms with Crippen LogP contribution in [0, 0.1) is 0 Å². The average Bonchev–Trinajstić information content (AvgIpc) is 3.16. The third kappa shape index (κ3) is 4.94. The molecule has 2 aromatic rings. The van der Waals surface area contributed by atoms with Crippen LogP contribution in [0.15, 0.2) is 40.6 Å². The van der Waals surface area contributed by atoms with Crippen molar-refractivity contribution in [3.05, 3.63) is 40.6 Å². The molecule has 0 spiro atoms. The summed E-state index contributed by atoms with van der Waals surface area (Å²) in [6.07, 6.45) is 0.764. The van der Waals surface area contributed by atoms with Crippen LogP contribution in [0.1, 0.15) is 11.3 Å². The van der Waals surface area contributed by atoms with Gasteiger partial charge in [-0.2, -0.15) is 4.31 Å². The summed E-state index contributed by atoms with van der Waals surface area (Å²) in [6, 6.07) is 8.69. The molecule has 1 aromatic heterocycles. The fourth-order valence-corrected chi connectivity index (χ4v) is 5.52. The highest BCUT2D eigenvalue weighted by molar-refractivity contribution is 7.89. The number of rotatable bonds is 6. The Bertz CT molecular complexity index is 970. The van der Waals surface area contributed by atoms with E-state index in [1.807, 2.05) is 22.4 Å². The largest absolute Gasteiger partial charge is 0.490 e. The van der Waals surface area contributed by atoms with Gasteiger partial charge >= 0.3 is 0 Å². The second-order valence-corrected chi connectivity index (χ2v) is 10.2. The lowest BCUT2D eigenvalue weighted by atomic mass is 10.3. The van der Waals surface area contributed by atoms with Crippen molar-refractivity contribution in [3.63, 3.8) is 0 Å². The van der Waals surface area contributed by atoms with Crippen LogP contribution < -0.4 is 14.8 Å². The molecule has 162 valence electrons. The lowest BCUT2D eigenvalue weighted by Crippen LogP contribution is -2.50. The number of hydrogen-bond donors (Lipinski definition) is 1. The van der Waals surface area contributed by atoms with Gasteiger partial charge in [0.2, 0.25) is 15.9 Å². The van der Waals surface area contributed by atoms with Crippen LogP contribution in [-0.2, 0) is 21.4 Å². The Morgan fingerprint density at radius 1 is 1.07 bits per heavy atom. The molecule has 8 nitrogen and oxygen atoms in total. The zero-order valence-corrected chi connectivity index (χ0v) is 18.2. The first-order valence-electron chi connectivity index (χ1n) is 9.93. The molecule has 1 fully saturated rings. The minimum Gasteiger partial charge on any atom is -0.490 e. The number of hydrogen-bond acceptors (Lipinski definition) is 7. The van der Waals surface area contributed by atoms with Crippen LogP contribution in [0.2, 0.25) is 0 Å². The van der Waals surface area contributed by atoms with Crippen LogP contribution in [0.5, 0.6) is 11.5 Å². The van der Waals surface area contributed by atoms with Gasteiger partial charge in [0.25, 0.3) is 0 Å². The molecule has 3 heterocycles. The van der Waals surface area contributed by atoms with Gasteiger partial charge in [0.15, 0.2) is 11.5 Å². The number of carbonyl (C=O) groups excluding carboxylic acids is 1. The maximum atomic E-state index is 13.1. The summed E-state index contributed by atoms with van der Waals surface area (Å²) < 4.78 is 38.8. The van der Waals surface area contributed by atoms with Crippen LogP contribution >= 0.6 is 11.3 Å². The van der Waals surface area contributed by atoms with E-state index in [0.29, 0.717) is 57.4 Å². The standard InChI is InChI=1S/C20H25N3O5S2/c24-20(21-14-16-3-1-12-29-16)15-22-6-8-23(9-7-22)30(25,26)17-4-5-18-19(13-17)28-11-2-10-27-18/h1,3-5,12-13H,2,6-11,14-15H2,(H,21,24). The second kappa shape index (κ2) is 9.34. The molecule has 1 amide bonds. The molecule has 1 saturated heterocycles. The van der Waals surface area contributed by atoms with Crippen molar-refractivity contribution in [1.29, 1.82) is 0 Å². The number of piperazine rings is 1. The van der Waals surface area contributed by atoms with E-state index in [4.69, 9.17) is 9.47 Å². The van der Waals surface area contributed by atoms with Crippen LogP contribution in [0.3, 0.4) is 0 Å². The second-order valence-electron chi connectivity index (χ2n) is 7.20. The highest BCUT2D eigenvalue weighted by Crippen LogP contribution is 2.33. The van der Waals surface area contributed by atoms with Crippen molar-refractivity contribution in [2.75, 3.05) is 45.9 Å². The van der Waals surface area contributed by atoms with Crippen molar-refractivity contribution < 1.29 is 22.7 Å². The smallest absolute Gasteiger partial charge is 0.243 e. The number of thiophene rings is 1. The predicted molar refractivity (Wildman–Crippen MR) is 113 cm³/mol. The molecule has 2 aliphatic rings. The van der Waals surface area contributed by atoms with Crippen molar-refractivity contribution >= 4 is 27.3 Å². The van der Waals surface area contributed by atoms with Gasteiger partial charge in [-0.3, -0.25) is 9.69 Å². The molecule has 0 bridgehead atoms. The number of carbonyl (C=O) groups is 1. The first kappa shape index (κ1) is 21.1. The summed E-state index contributed by atoms with van der Waals surface area (Å²) in [5.41, 5.74) is 0. The fraction of sp³-hybridized carbons (Fsp3) is 0.450. The predicted octanol–water partition coefficient (Wildman–Crippen LogP) is 1.53. The van der Waals surface area contributed by atoms with Crippen molar-refractivity contribution in [1.82, 2.24) is 14.5 Å². The normalized spacial score (nSPS) is 18.0. The molecule has 0 saturated carbocycles. The molecule has 30 heavy (non-hydrogen) atoms. The SMILES string of the molecule is O=C(CN1CCN(S(=O)(=O)c2ccc3c(c2)OCCCO3)CC1)NCc1cccs1. The summed E-state index contributed by atoms with van der Waals surface area (Å²) >= 11 is 1.60. The van der Waals surface area contributed by atoms with E-state index in [2.05, 4.69) is 5.32 Å². The summed E-state index contributed by atoms with van der Waals surface area (Å²) in [5.74, 6) is 0.988. The number of fused-ring (bicyclic) bond motifs is 1. The Morgan fingerprint density at radius 3 is 2.57 bits per heavy atom. The number of benzene rings is 1. The first-order valence-corrected chi connectivity index (χ1v) is 12.3. The summed E-state index contributed by atoms with van der Waals surface area (Å²) in [7, 11) is -3.63. The topological polar surface area (TPSA) is 88.2 Å². The van der Waals surface area contributed by atoms with Gasteiger partial charge in [-0.1, -0.05) is 6.07 Å². The lowest BCUT2D eigenvalue weighted by Gasteiger charge is -2.33. The maximum Gasteiger partial charge on any atom is 0.243 e. The van der Waals surface area contributed by atoms with E-state index in [1.54, 1.807) is 29.5 Å². The summed E-state index contributed by atoms with van der Waals surface area (Å²) in [6.45, 7) is 3.56. The van der Waals surface area contributed by atoms with Gasteiger partial charge in [-0.25, -0.2) is 8.42 Å². The molecular formula is C20H25N3O5S2. The summed E-state index contributed by atoms with van der Waals surface area (Å²) in [5, 5.41) is 4.88. The van der Waals surface area contributed by atoms with Crippen molar-refractivity contribution in [3.8, 4) is 11.5 Å². The van der Waals surface area contributed by atoms with Crippen molar-refractivity contribution in [2.24, 2.45) is 0 Å². The third-order valence-corrected chi connectivity index (χ3v) is 7.87. The quantitative estimate of drug-likeness (QED) is 0.717. The minimum absolute atomic E-state index is 0.0531. The molecule has 1 aromatic carbocycles. The number of sulfonamides is 1. The zero-order valence-electron chi connectivity index (χ0n) is 16.6. The van der Waals surface area contributed by atoms with Crippen LogP contribution in [0.25, 0.3) is 0 Å². The number of nitrogens with zero attached hydrogens (tertiary/aromatic N) is 2. The molecule has 4 rings (SSSR count).